The van der Waals surface area contributed by atoms with E-state index >= 15 is 0 Å². The first-order valence-electron chi connectivity index (χ1n) is 15.1. The third-order valence-corrected chi connectivity index (χ3v) is 8.12. The molecule has 0 bridgehead atoms. The number of aromatic nitrogens is 4. The maximum atomic E-state index is 12.8. The number of carbonyl (C=O) groups excluding carboxylic acids is 2. The van der Waals surface area contributed by atoms with Gasteiger partial charge in [0.25, 0.3) is 5.91 Å². The minimum atomic E-state index is -0.247. The highest BCUT2D eigenvalue weighted by molar-refractivity contribution is 6.03. The number of hydrogen-bond acceptors (Lipinski definition) is 8. The number of aromatic amines is 1. The molecule has 3 N–H and O–H groups in total. The molecule has 2 amide bonds. The third-order valence-electron chi connectivity index (χ3n) is 8.12. The lowest BCUT2D eigenvalue weighted by atomic mass is 10.1. The second-order valence-corrected chi connectivity index (χ2v) is 11.8. The van der Waals surface area contributed by atoms with E-state index in [4.69, 9.17) is 4.74 Å². The Bertz CT molecular complexity index is 1660. The van der Waals surface area contributed by atoms with Crippen LogP contribution in [0.15, 0.2) is 67.0 Å². The Morgan fingerprint density at radius 1 is 1.11 bits per heavy atom. The summed E-state index contributed by atoms with van der Waals surface area (Å²) in [7, 11) is 2.10. The molecule has 0 spiro atoms. The highest BCUT2D eigenvalue weighted by Gasteiger charge is 2.27. The number of anilines is 2. The zero-order valence-electron chi connectivity index (χ0n) is 25.3. The summed E-state index contributed by atoms with van der Waals surface area (Å²) in [6, 6.07) is 13.3. The predicted molar refractivity (Wildman–Crippen MR) is 170 cm³/mol. The minimum absolute atomic E-state index is 0.0357. The van der Waals surface area contributed by atoms with E-state index in [1.165, 1.54) is 12.8 Å². The Hall–Kier alpha value is -4.77. The summed E-state index contributed by atoms with van der Waals surface area (Å²) in [6.45, 7) is 6.26. The molecule has 2 aliphatic rings. The van der Waals surface area contributed by atoms with Crippen LogP contribution in [-0.2, 0) is 4.79 Å². The number of hydrogen-bond donors (Lipinski definition) is 3. The van der Waals surface area contributed by atoms with Gasteiger partial charge in [0.2, 0.25) is 5.91 Å². The van der Waals surface area contributed by atoms with Crippen molar-refractivity contribution in [3.63, 3.8) is 0 Å². The molecular weight excluding hydrogens is 556 g/mol. The van der Waals surface area contributed by atoms with Gasteiger partial charge in [-0.2, -0.15) is 5.10 Å². The Morgan fingerprint density at radius 2 is 1.91 bits per heavy atom. The van der Waals surface area contributed by atoms with Crippen molar-refractivity contribution in [3.8, 4) is 11.5 Å². The first-order valence-corrected chi connectivity index (χ1v) is 15.1. The summed E-state index contributed by atoms with van der Waals surface area (Å²) in [4.78, 5) is 38.4. The number of ether oxygens (including phenoxy) is 1. The number of nitrogens with zero attached hydrogens (tertiary/aromatic N) is 5. The number of pyridine rings is 2. The number of carbonyl (C=O) groups is 2. The maximum Gasteiger partial charge on any atom is 0.256 e. The van der Waals surface area contributed by atoms with Crippen molar-refractivity contribution in [3.05, 3.63) is 78.1 Å². The lowest BCUT2D eigenvalue weighted by molar-refractivity contribution is -0.125. The van der Waals surface area contributed by atoms with Crippen molar-refractivity contribution in [2.45, 2.75) is 51.1 Å². The van der Waals surface area contributed by atoms with Crippen molar-refractivity contribution in [1.29, 1.82) is 0 Å². The molecule has 11 heteroatoms. The lowest BCUT2D eigenvalue weighted by Gasteiger charge is -2.16. The molecule has 4 aromatic rings. The van der Waals surface area contributed by atoms with Crippen molar-refractivity contribution in [1.82, 2.24) is 30.0 Å². The number of likely N-dealkylation sites (N-methyl/N-ethyl adjacent to an activating group) is 1. The van der Waals surface area contributed by atoms with Gasteiger partial charge in [0.05, 0.1) is 0 Å². The highest BCUT2D eigenvalue weighted by Crippen LogP contribution is 2.34. The SMILES string of the molecule is CC(C)c1ccnc(NC(=O)c2ccc(Oc3ccnc4[nH]nc(NC5CCN(C(=O)C=CCN(C)C6CC6)C5)c34)cc2)c1. The molecule has 1 unspecified atom stereocenters. The number of nitrogens with one attached hydrogen (secondary N) is 3. The Labute approximate surface area is 256 Å². The molecule has 6 rings (SSSR count). The predicted octanol–water partition coefficient (Wildman–Crippen LogP) is 5.18. The molecule has 1 saturated heterocycles. The minimum Gasteiger partial charge on any atom is -0.456 e. The zero-order chi connectivity index (χ0) is 30.6. The molecule has 1 aliphatic heterocycles. The largest absolute Gasteiger partial charge is 0.456 e. The van der Waals surface area contributed by atoms with E-state index in [9.17, 15) is 9.59 Å². The molecule has 1 aromatic carbocycles. The number of rotatable bonds is 11. The van der Waals surface area contributed by atoms with Crippen LogP contribution in [0.3, 0.4) is 0 Å². The quantitative estimate of drug-likeness (QED) is 0.203. The second-order valence-electron chi connectivity index (χ2n) is 11.8. The smallest absolute Gasteiger partial charge is 0.256 e. The standard InChI is InChI=1S/C33H38N8O3/c1-21(2)23-12-15-34-28(19-23)37-33(43)22-6-10-26(11-7-22)44-27-13-16-35-31-30(27)32(39-38-31)36-24-14-18-41(20-24)29(42)5-4-17-40(3)25-8-9-25/h4-7,10-13,15-16,19,21,24-25H,8-9,14,17-18,20H2,1-3H3,(H,34,37,43)(H2,35,36,38,39). The summed E-state index contributed by atoms with van der Waals surface area (Å²) in [5, 5.41) is 14.5. The van der Waals surface area contributed by atoms with E-state index < -0.39 is 0 Å². The van der Waals surface area contributed by atoms with E-state index in [0.29, 0.717) is 59.4 Å². The van der Waals surface area contributed by atoms with Crippen LogP contribution in [0.1, 0.15) is 54.9 Å². The topological polar surface area (TPSA) is 128 Å². The van der Waals surface area contributed by atoms with E-state index in [0.717, 1.165) is 23.9 Å². The van der Waals surface area contributed by atoms with Crippen molar-refractivity contribution >= 4 is 34.5 Å². The number of H-pyrrole nitrogens is 1. The van der Waals surface area contributed by atoms with Crippen LogP contribution in [0.5, 0.6) is 11.5 Å². The normalized spacial score (nSPS) is 16.8. The lowest BCUT2D eigenvalue weighted by Crippen LogP contribution is -2.30. The zero-order valence-corrected chi connectivity index (χ0v) is 25.3. The summed E-state index contributed by atoms with van der Waals surface area (Å²) >= 11 is 0. The second kappa shape index (κ2) is 12.8. The van der Waals surface area contributed by atoms with Crippen LogP contribution in [0.25, 0.3) is 11.0 Å². The molecular formula is C33H38N8O3. The molecule has 4 heterocycles. The average Bonchev–Trinajstić information content (AvgIpc) is 3.64. The molecule has 1 aliphatic carbocycles. The van der Waals surface area contributed by atoms with Gasteiger partial charge < -0.3 is 20.3 Å². The number of likely N-dealkylation sites (tertiary alicyclic amines) is 1. The molecule has 11 nitrogen and oxygen atoms in total. The van der Waals surface area contributed by atoms with E-state index in [1.54, 1.807) is 48.8 Å². The van der Waals surface area contributed by atoms with Gasteiger partial charge >= 0.3 is 0 Å². The van der Waals surface area contributed by atoms with Crippen LogP contribution in [-0.4, -0.2) is 80.5 Å². The van der Waals surface area contributed by atoms with Gasteiger partial charge in [0.1, 0.15) is 22.7 Å². The molecule has 1 atom stereocenters. The molecule has 228 valence electrons. The van der Waals surface area contributed by atoms with Crippen molar-refractivity contribution in [2.24, 2.45) is 0 Å². The third kappa shape index (κ3) is 6.89. The molecule has 2 fully saturated rings. The van der Waals surface area contributed by atoms with Gasteiger partial charge in [0, 0.05) is 61.8 Å². The van der Waals surface area contributed by atoms with E-state index in [-0.39, 0.29) is 17.9 Å². The maximum absolute atomic E-state index is 12.8. The van der Waals surface area contributed by atoms with Gasteiger partial charge in [-0.05, 0) is 74.2 Å². The summed E-state index contributed by atoms with van der Waals surface area (Å²) < 4.78 is 6.23. The fourth-order valence-corrected chi connectivity index (χ4v) is 5.34. The Kier molecular flexibility index (Phi) is 8.56. The summed E-state index contributed by atoms with van der Waals surface area (Å²) in [5.74, 6) is 2.41. The monoisotopic (exact) mass is 594 g/mol. The summed E-state index contributed by atoms with van der Waals surface area (Å²) in [6.07, 6.45) is 10.3. The average molecular weight is 595 g/mol. The first-order chi connectivity index (χ1) is 21.3. The highest BCUT2D eigenvalue weighted by atomic mass is 16.5. The van der Waals surface area contributed by atoms with Crippen molar-refractivity contribution in [2.75, 3.05) is 37.3 Å². The van der Waals surface area contributed by atoms with Gasteiger partial charge in [-0.3, -0.25) is 19.6 Å². The van der Waals surface area contributed by atoms with Crippen LogP contribution in [0, 0.1) is 0 Å². The Balaban J connectivity index is 1.08. The van der Waals surface area contributed by atoms with Gasteiger partial charge in [-0.15, -0.1) is 0 Å². The number of benzene rings is 1. The number of amides is 2. The molecule has 3 aromatic heterocycles. The molecule has 44 heavy (non-hydrogen) atoms. The van der Waals surface area contributed by atoms with Gasteiger partial charge in [0.15, 0.2) is 11.5 Å². The fraction of sp³-hybridized carbons (Fsp3) is 0.364. The van der Waals surface area contributed by atoms with Crippen LogP contribution in [0.4, 0.5) is 11.6 Å². The van der Waals surface area contributed by atoms with E-state index in [2.05, 4.69) is 56.6 Å². The fourth-order valence-electron chi connectivity index (χ4n) is 5.34. The molecule has 1 saturated carbocycles. The van der Waals surface area contributed by atoms with Crippen LogP contribution >= 0.6 is 0 Å². The molecule has 0 radical (unpaired) electrons. The first kappa shape index (κ1) is 29.3. The van der Waals surface area contributed by atoms with Gasteiger partial charge in [-0.25, -0.2) is 9.97 Å². The van der Waals surface area contributed by atoms with Crippen molar-refractivity contribution < 1.29 is 14.3 Å². The van der Waals surface area contributed by atoms with Crippen LogP contribution in [0.2, 0.25) is 0 Å². The Morgan fingerprint density at radius 3 is 2.68 bits per heavy atom. The summed E-state index contributed by atoms with van der Waals surface area (Å²) in [5.41, 5.74) is 2.19. The van der Waals surface area contributed by atoms with Gasteiger partial charge in [-0.1, -0.05) is 19.9 Å². The van der Waals surface area contributed by atoms with Crippen LogP contribution < -0.4 is 15.4 Å². The number of fused-ring (bicyclic) bond motifs is 1. The van der Waals surface area contributed by atoms with E-state index in [1.807, 2.05) is 23.1 Å².